The Bertz CT molecular complexity index is 631. The maximum atomic E-state index is 12.0. The van der Waals surface area contributed by atoms with Crippen molar-refractivity contribution in [2.45, 2.75) is 64.6 Å². The number of hydrogen-bond acceptors (Lipinski definition) is 4. The van der Waals surface area contributed by atoms with Crippen LogP contribution in [0.3, 0.4) is 0 Å². The van der Waals surface area contributed by atoms with Gasteiger partial charge in [-0.2, -0.15) is 0 Å². The monoisotopic (exact) mass is 316 g/mol. The average Bonchev–Trinajstić information content (AvgIpc) is 3.26. The van der Waals surface area contributed by atoms with Crippen LogP contribution >= 0.6 is 0 Å². The van der Waals surface area contributed by atoms with E-state index in [1.165, 1.54) is 25.5 Å². The molecule has 1 aliphatic heterocycles. The number of aryl methyl sites for hydroxylation is 1. The van der Waals surface area contributed by atoms with Gasteiger partial charge in [0.15, 0.2) is 0 Å². The van der Waals surface area contributed by atoms with Crippen LogP contribution in [0.5, 0.6) is 0 Å². The Morgan fingerprint density at radius 3 is 2.22 bits per heavy atom. The molecule has 0 bridgehead atoms. The number of carbonyl (C=O) groups is 1. The molecule has 3 rings (SSSR count). The molecule has 0 unspecified atom stereocenters. The molecule has 1 aromatic rings. The minimum Gasteiger partial charge on any atom is -0.465 e. The quantitative estimate of drug-likeness (QED) is 0.635. The van der Waals surface area contributed by atoms with Gasteiger partial charge in [0, 0.05) is 0 Å². The lowest BCUT2D eigenvalue weighted by Gasteiger charge is -2.32. The molecule has 0 aromatic heterocycles. The number of ether oxygens (including phenoxy) is 1. The van der Waals surface area contributed by atoms with Crippen molar-refractivity contribution in [3.8, 4) is 0 Å². The topological polar surface area (TPSA) is 44.8 Å². The van der Waals surface area contributed by atoms with Gasteiger partial charge in [-0.05, 0) is 76.0 Å². The number of benzene rings is 1. The van der Waals surface area contributed by atoms with Gasteiger partial charge in [0.25, 0.3) is 0 Å². The molecule has 124 valence electrons. The van der Waals surface area contributed by atoms with Crippen molar-refractivity contribution >= 4 is 18.6 Å². The Morgan fingerprint density at radius 1 is 1.17 bits per heavy atom. The van der Waals surface area contributed by atoms with E-state index in [0.717, 1.165) is 11.0 Å². The maximum Gasteiger partial charge on any atom is 0.495 e. The molecule has 4 nitrogen and oxygen atoms in total. The summed E-state index contributed by atoms with van der Waals surface area (Å²) in [5.74, 6) is 0.233. The molecule has 1 saturated carbocycles. The fraction of sp³-hybridized carbons (Fsp3) is 0.611. The van der Waals surface area contributed by atoms with Crippen molar-refractivity contribution in [1.29, 1.82) is 0 Å². The molecule has 0 N–H and O–H groups in total. The largest absolute Gasteiger partial charge is 0.495 e. The first kappa shape index (κ1) is 16.5. The van der Waals surface area contributed by atoms with Crippen LogP contribution in [0.25, 0.3) is 0 Å². The first-order valence-corrected chi connectivity index (χ1v) is 8.24. The minimum absolute atomic E-state index is 0.317. The summed E-state index contributed by atoms with van der Waals surface area (Å²) in [7, 11) is 0.963. The van der Waals surface area contributed by atoms with Crippen molar-refractivity contribution in [3.05, 3.63) is 28.8 Å². The summed E-state index contributed by atoms with van der Waals surface area (Å²) < 4.78 is 17.3. The van der Waals surface area contributed by atoms with Gasteiger partial charge in [-0.15, -0.1) is 0 Å². The van der Waals surface area contributed by atoms with E-state index < -0.39 is 18.3 Å². The summed E-state index contributed by atoms with van der Waals surface area (Å²) in [4.78, 5) is 12.0. The van der Waals surface area contributed by atoms with E-state index in [-0.39, 0.29) is 5.97 Å². The normalized spacial score (nSPS) is 22.3. The fourth-order valence-electron chi connectivity index (χ4n) is 3.00. The summed E-state index contributed by atoms with van der Waals surface area (Å²) in [6.07, 6.45) is 2.37. The highest BCUT2D eigenvalue weighted by Gasteiger charge is 2.52. The van der Waals surface area contributed by atoms with Crippen LogP contribution in [-0.2, 0) is 14.0 Å². The van der Waals surface area contributed by atoms with E-state index >= 15 is 0 Å². The SMILES string of the molecule is COC(=O)c1cc(B2OC(C)(C)C(C)(C)O2)c(C2CC2)cc1C. The van der Waals surface area contributed by atoms with E-state index in [9.17, 15) is 4.79 Å². The van der Waals surface area contributed by atoms with Crippen LogP contribution in [0.2, 0.25) is 0 Å². The van der Waals surface area contributed by atoms with E-state index in [4.69, 9.17) is 14.0 Å². The predicted octanol–water partition coefficient (Wildman–Crippen LogP) is 2.96. The second-order valence-corrected chi connectivity index (χ2v) is 7.65. The van der Waals surface area contributed by atoms with Crippen LogP contribution in [0.4, 0.5) is 0 Å². The lowest BCUT2D eigenvalue weighted by atomic mass is 9.73. The van der Waals surface area contributed by atoms with Gasteiger partial charge in [-0.3, -0.25) is 0 Å². The van der Waals surface area contributed by atoms with E-state index in [0.29, 0.717) is 11.5 Å². The van der Waals surface area contributed by atoms with Crippen LogP contribution in [0.1, 0.15) is 67.9 Å². The number of esters is 1. The Labute approximate surface area is 138 Å². The molecule has 1 saturated heterocycles. The number of hydrogen-bond donors (Lipinski definition) is 0. The van der Waals surface area contributed by atoms with Gasteiger partial charge < -0.3 is 14.0 Å². The molecule has 1 heterocycles. The Balaban J connectivity index is 2.05. The molecule has 0 spiro atoms. The Kier molecular flexibility index (Phi) is 3.85. The van der Waals surface area contributed by atoms with Crippen LogP contribution in [0.15, 0.2) is 12.1 Å². The molecule has 2 fully saturated rings. The fourth-order valence-corrected chi connectivity index (χ4v) is 3.00. The highest BCUT2D eigenvalue weighted by atomic mass is 16.7. The number of carbonyl (C=O) groups excluding carboxylic acids is 1. The van der Waals surface area contributed by atoms with Gasteiger partial charge in [0.2, 0.25) is 0 Å². The van der Waals surface area contributed by atoms with E-state index in [1.54, 1.807) is 0 Å². The highest BCUT2D eigenvalue weighted by molar-refractivity contribution is 6.62. The molecule has 23 heavy (non-hydrogen) atoms. The molecule has 5 heteroatoms. The first-order valence-electron chi connectivity index (χ1n) is 8.24. The van der Waals surface area contributed by atoms with Gasteiger partial charge in [0.05, 0.1) is 23.9 Å². The van der Waals surface area contributed by atoms with Crippen LogP contribution < -0.4 is 5.46 Å². The van der Waals surface area contributed by atoms with E-state index in [1.807, 2.05) is 40.7 Å². The minimum atomic E-state index is -0.445. The van der Waals surface area contributed by atoms with Crippen molar-refractivity contribution in [1.82, 2.24) is 0 Å². The Hall–Kier alpha value is -1.33. The summed E-state index contributed by atoms with van der Waals surface area (Å²) in [5.41, 5.74) is 2.95. The molecular formula is C18H25BO4. The molecule has 2 aliphatic rings. The predicted molar refractivity (Wildman–Crippen MR) is 90.2 cm³/mol. The third-order valence-corrected chi connectivity index (χ3v) is 5.36. The number of methoxy groups -OCH3 is 1. The highest BCUT2D eigenvalue weighted by Crippen LogP contribution is 2.42. The zero-order valence-electron chi connectivity index (χ0n) is 14.9. The van der Waals surface area contributed by atoms with Crippen LogP contribution in [-0.4, -0.2) is 31.4 Å². The standard InChI is InChI=1S/C18H25BO4/c1-11-9-14(12-7-8-12)15(10-13(11)16(20)21-6)19-22-17(2,3)18(4,5)23-19/h9-10,12H,7-8H2,1-6H3. The second-order valence-electron chi connectivity index (χ2n) is 7.65. The zero-order valence-corrected chi connectivity index (χ0v) is 14.9. The van der Waals surface area contributed by atoms with Gasteiger partial charge in [-0.25, -0.2) is 4.79 Å². The third-order valence-electron chi connectivity index (χ3n) is 5.36. The lowest BCUT2D eigenvalue weighted by molar-refractivity contribution is 0.00578. The van der Waals surface area contributed by atoms with Gasteiger partial charge in [-0.1, -0.05) is 6.07 Å². The summed E-state index contributed by atoms with van der Waals surface area (Å²) in [6.45, 7) is 10.1. The first-order chi connectivity index (χ1) is 10.7. The average molecular weight is 316 g/mol. The van der Waals surface area contributed by atoms with Crippen molar-refractivity contribution in [2.24, 2.45) is 0 Å². The molecule has 1 aromatic carbocycles. The molecule has 0 radical (unpaired) electrons. The van der Waals surface area contributed by atoms with Gasteiger partial charge >= 0.3 is 13.1 Å². The Morgan fingerprint density at radius 2 is 1.74 bits per heavy atom. The summed E-state index contributed by atoms with van der Waals surface area (Å²) in [6, 6.07) is 4.00. The third kappa shape index (κ3) is 2.81. The zero-order chi connectivity index (χ0) is 17.0. The van der Waals surface area contributed by atoms with Crippen molar-refractivity contribution in [3.63, 3.8) is 0 Å². The van der Waals surface area contributed by atoms with Crippen LogP contribution in [0, 0.1) is 6.92 Å². The summed E-state index contributed by atoms with van der Waals surface area (Å²) in [5, 5.41) is 0. The molecule has 1 aliphatic carbocycles. The van der Waals surface area contributed by atoms with Gasteiger partial charge in [0.1, 0.15) is 0 Å². The van der Waals surface area contributed by atoms with E-state index in [2.05, 4.69) is 6.07 Å². The second kappa shape index (κ2) is 5.35. The summed E-state index contributed by atoms with van der Waals surface area (Å²) >= 11 is 0. The molecular weight excluding hydrogens is 291 g/mol. The molecule has 0 amide bonds. The lowest BCUT2D eigenvalue weighted by Crippen LogP contribution is -2.41. The smallest absolute Gasteiger partial charge is 0.465 e. The van der Waals surface area contributed by atoms with Crippen molar-refractivity contribution < 1.29 is 18.8 Å². The van der Waals surface area contributed by atoms with Crippen molar-refractivity contribution in [2.75, 3.05) is 7.11 Å². The molecule has 0 atom stereocenters. The number of rotatable bonds is 3. The maximum absolute atomic E-state index is 12.0.